The van der Waals surface area contributed by atoms with E-state index in [2.05, 4.69) is 4.99 Å². The van der Waals surface area contributed by atoms with Crippen molar-refractivity contribution in [1.82, 2.24) is 0 Å². The van der Waals surface area contributed by atoms with Gasteiger partial charge in [-0.1, -0.05) is 12.8 Å². The molecule has 0 unspecified atom stereocenters. The number of fused-ring (bicyclic) bond motifs is 2. The van der Waals surface area contributed by atoms with Crippen molar-refractivity contribution < 1.29 is 24.1 Å². The summed E-state index contributed by atoms with van der Waals surface area (Å²) in [5.74, 6) is 1.17. The van der Waals surface area contributed by atoms with Crippen LogP contribution in [0.15, 0.2) is 26.3 Å². The van der Waals surface area contributed by atoms with Crippen LogP contribution in [-0.2, 0) is 6.42 Å². The molecule has 0 spiro atoms. The summed E-state index contributed by atoms with van der Waals surface area (Å²) >= 11 is 0. The molecule has 6 N–H and O–H groups in total. The molecule has 1 aliphatic heterocycles. The third kappa shape index (κ3) is 4.54. The van der Waals surface area contributed by atoms with Gasteiger partial charge in [-0.05, 0) is 52.4 Å². The maximum atomic E-state index is 13.6. The van der Waals surface area contributed by atoms with E-state index in [1.54, 1.807) is 19.9 Å². The zero-order valence-electron chi connectivity index (χ0n) is 21.1. The molecule has 0 radical (unpaired) electrons. The van der Waals surface area contributed by atoms with Gasteiger partial charge >= 0.3 is 0 Å². The second-order valence-electron chi connectivity index (χ2n) is 11.3. The van der Waals surface area contributed by atoms with Crippen LogP contribution in [0.3, 0.4) is 0 Å². The molecule has 3 aliphatic rings. The number of rotatable bonds is 7. The van der Waals surface area contributed by atoms with Gasteiger partial charge in [-0.15, -0.1) is 0 Å². The average Bonchev–Trinajstić information content (AvgIpc) is 3.57. The number of aliphatic imine (C=N–C) groups is 1. The lowest BCUT2D eigenvalue weighted by molar-refractivity contribution is -0.0230. The maximum Gasteiger partial charge on any atom is 0.196 e. The topological polar surface area (TPSA) is 154 Å². The van der Waals surface area contributed by atoms with Crippen LogP contribution in [0.4, 0.5) is 0 Å². The molecule has 2 heterocycles. The van der Waals surface area contributed by atoms with Crippen LogP contribution in [0.2, 0.25) is 0 Å². The molecule has 2 aliphatic carbocycles. The standard InChI is InChI=1S/C27H37N3O6/c1-26(2,33)21-11-16-18(36-21)13-19-22(23(16)34-15-7-3-4-8-15)17(31)12-20(35-19)24(32)27(9-5-6-10-27)14-30-25(28)29/h12-13,15,21,24,32-33H,3-11,14H2,1-2H3,(H4,28,29,30)/t21-,24-/m0/s1. The van der Waals surface area contributed by atoms with Crippen LogP contribution >= 0.6 is 0 Å². The smallest absolute Gasteiger partial charge is 0.196 e. The van der Waals surface area contributed by atoms with Crippen molar-refractivity contribution in [1.29, 1.82) is 0 Å². The van der Waals surface area contributed by atoms with Gasteiger partial charge in [-0.3, -0.25) is 9.79 Å². The Kier molecular flexibility index (Phi) is 6.41. The Bertz CT molecular complexity index is 1210. The molecule has 1 aromatic carbocycles. The zero-order chi connectivity index (χ0) is 25.7. The fourth-order valence-corrected chi connectivity index (χ4v) is 5.98. The van der Waals surface area contributed by atoms with Crippen molar-refractivity contribution in [3.63, 3.8) is 0 Å². The van der Waals surface area contributed by atoms with Gasteiger partial charge in [0.1, 0.15) is 40.4 Å². The normalized spacial score (nSPS) is 22.4. The van der Waals surface area contributed by atoms with Crippen LogP contribution in [0.1, 0.15) is 82.6 Å². The number of aliphatic hydroxyl groups excluding tert-OH is 1. The van der Waals surface area contributed by atoms with Crippen LogP contribution < -0.4 is 26.4 Å². The lowest BCUT2D eigenvalue weighted by Crippen LogP contribution is -2.39. The molecule has 5 rings (SSSR count). The number of nitrogens with zero attached hydrogens (tertiary/aromatic N) is 1. The van der Waals surface area contributed by atoms with Gasteiger partial charge in [0.15, 0.2) is 11.4 Å². The highest BCUT2D eigenvalue weighted by Crippen LogP contribution is 2.49. The summed E-state index contributed by atoms with van der Waals surface area (Å²) in [4.78, 5) is 17.7. The lowest BCUT2D eigenvalue weighted by Gasteiger charge is -2.32. The molecule has 196 valence electrons. The molecule has 9 heteroatoms. The first-order valence-electron chi connectivity index (χ1n) is 13.0. The first-order chi connectivity index (χ1) is 17.1. The Morgan fingerprint density at radius 2 is 1.92 bits per heavy atom. The highest BCUT2D eigenvalue weighted by Gasteiger charge is 2.43. The summed E-state index contributed by atoms with van der Waals surface area (Å²) in [6.07, 6.45) is 6.29. The van der Waals surface area contributed by atoms with E-state index in [9.17, 15) is 15.0 Å². The predicted octanol–water partition coefficient (Wildman–Crippen LogP) is 3.06. The summed E-state index contributed by atoms with van der Waals surface area (Å²) in [5, 5.41) is 22.4. The molecular formula is C27H37N3O6. The van der Waals surface area contributed by atoms with E-state index in [0.717, 1.165) is 56.9 Å². The van der Waals surface area contributed by atoms with Crippen molar-refractivity contribution in [2.75, 3.05) is 6.54 Å². The van der Waals surface area contributed by atoms with Gasteiger partial charge in [0.05, 0.1) is 18.2 Å². The van der Waals surface area contributed by atoms with Crippen molar-refractivity contribution in [3.8, 4) is 11.5 Å². The van der Waals surface area contributed by atoms with Crippen molar-refractivity contribution in [2.45, 2.75) is 95.5 Å². The van der Waals surface area contributed by atoms with E-state index >= 15 is 0 Å². The SMILES string of the molecule is CC(C)(O)[C@@H]1Cc2c(cc3oc([C@H](O)C4(CN=C(N)N)CCCC4)cc(=O)c3c2OC2CCCC2)O1. The number of benzene rings is 1. The van der Waals surface area contributed by atoms with Gasteiger partial charge in [0.2, 0.25) is 0 Å². The molecule has 36 heavy (non-hydrogen) atoms. The molecular weight excluding hydrogens is 462 g/mol. The van der Waals surface area contributed by atoms with Gasteiger partial charge in [-0.2, -0.15) is 0 Å². The van der Waals surface area contributed by atoms with E-state index in [1.165, 1.54) is 6.07 Å². The first kappa shape index (κ1) is 24.9. The molecule has 0 amide bonds. The predicted molar refractivity (Wildman–Crippen MR) is 136 cm³/mol. The van der Waals surface area contributed by atoms with Crippen molar-refractivity contribution in [2.24, 2.45) is 21.9 Å². The Hall–Kier alpha value is -2.78. The highest BCUT2D eigenvalue weighted by atomic mass is 16.5. The Labute approximate surface area is 210 Å². The third-order valence-electron chi connectivity index (χ3n) is 8.11. The van der Waals surface area contributed by atoms with Crippen LogP contribution in [0.5, 0.6) is 11.5 Å². The maximum absolute atomic E-state index is 13.6. The first-order valence-corrected chi connectivity index (χ1v) is 13.0. The summed E-state index contributed by atoms with van der Waals surface area (Å²) in [5.41, 5.74) is 10.3. The zero-order valence-corrected chi connectivity index (χ0v) is 21.1. The Morgan fingerprint density at radius 1 is 1.22 bits per heavy atom. The van der Waals surface area contributed by atoms with Crippen LogP contribution in [0.25, 0.3) is 11.0 Å². The van der Waals surface area contributed by atoms with Crippen molar-refractivity contribution in [3.05, 3.63) is 33.7 Å². The second-order valence-corrected chi connectivity index (χ2v) is 11.3. The number of ether oxygens (including phenoxy) is 2. The molecule has 2 saturated carbocycles. The minimum absolute atomic E-state index is 0.0203. The van der Waals surface area contributed by atoms with E-state index in [4.69, 9.17) is 25.4 Å². The molecule has 2 aromatic rings. The summed E-state index contributed by atoms with van der Waals surface area (Å²) in [7, 11) is 0. The molecule has 2 atom stereocenters. The largest absolute Gasteiger partial charge is 0.489 e. The fourth-order valence-electron chi connectivity index (χ4n) is 5.98. The van der Waals surface area contributed by atoms with E-state index in [0.29, 0.717) is 28.9 Å². The van der Waals surface area contributed by atoms with Crippen LogP contribution in [-0.4, -0.2) is 40.5 Å². The minimum atomic E-state index is -1.07. The fraction of sp³-hybridized carbons (Fsp3) is 0.630. The van der Waals surface area contributed by atoms with Crippen molar-refractivity contribution >= 4 is 16.9 Å². The minimum Gasteiger partial charge on any atom is -0.489 e. The summed E-state index contributed by atoms with van der Waals surface area (Å²) in [6, 6.07) is 3.06. The van der Waals surface area contributed by atoms with E-state index in [1.807, 2.05) is 0 Å². The third-order valence-corrected chi connectivity index (χ3v) is 8.11. The molecule has 2 fully saturated rings. The summed E-state index contributed by atoms with van der Waals surface area (Å²) < 4.78 is 18.8. The van der Waals surface area contributed by atoms with E-state index < -0.39 is 23.2 Å². The molecule has 0 bridgehead atoms. The van der Waals surface area contributed by atoms with Gasteiger partial charge in [0.25, 0.3) is 0 Å². The Morgan fingerprint density at radius 3 is 2.56 bits per heavy atom. The Balaban J connectivity index is 1.60. The quantitative estimate of drug-likeness (QED) is 0.335. The molecule has 1 aromatic heterocycles. The average molecular weight is 500 g/mol. The number of nitrogens with two attached hydrogens (primary N) is 2. The van der Waals surface area contributed by atoms with Gasteiger partial charge in [-0.25, -0.2) is 0 Å². The number of hydrogen-bond donors (Lipinski definition) is 4. The number of hydrogen-bond acceptors (Lipinski definition) is 7. The second kappa shape index (κ2) is 9.27. The lowest BCUT2D eigenvalue weighted by atomic mass is 9.79. The molecule has 9 nitrogen and oxygen atoms in total. The monoisotopic (exact) mass is 499 g/mol. The highest BCUT2D eigenvalue weighted by molar-refractivity contribution is 5.88. The number of guanidine groups is 1. The van der Waals surface area contributed by atoms with Gasteiger partial charge < -0.3 is 35.6 Å². The van der Waals surface area contributed by atoms with Crippen LogP contribution in [0, 0.1) is 5.41 Å². The number of aliphatic hydroxyl groups is 2. The molecule has 0 saturated heterocycles. The van der Waals surface area contributed by atoms with Gasteiger partial charge in [0, 0.05) is 29.5 Å². The summed E-state index contributed by atoms with van der Waals surface area (Å²) in [6.45, 7) is 3.67. The van der Waals surface area contributed by atoms with E-state index in [-0.39, 0.29) is 29.8 Å².